The molecule has 0 saturated carbocycles. The highest BCUT2D eigenvalue weighted by Gasteiger charge is 2.15. The molecule has 19 heavy (non-hydrogen) atoms. The summed E-state index contributed by atoms with van der Waals surface area (Å²) in [6, 6.07) is 5.28. The van der Waals surface area contributed by atoms with Gasteiger partial charge in [0.05, 0.1) is 29.2 Å². The van der Waals surface area contributed by atoms with Crippen molar-refractivity contribution in [3.63, 3.8) is 0 Å². The lowest BCUT2D eigenvalue weighted by atomic mass is 10.1. The molecule has 100 valence electrons. The van der Waals surface area contributed by atoms with Crippen molar-refractivity contribution in [3.05, 3.63) is 40.2 Å². The standard InChI is InChI=1S/C13H15ClN4O/c1-7-12(14)8(2)18(17-7)11-6-9(19-3)4-5-10(11)13(15)16/h4-6H,1-3H3,(H3,15,16). The van der Waals surface area contributed by atoms with Crippen molar-refractivity contribution in [1.29, 1.82) is 5.41 Å². The minimum absolute atomic E-state index is 0.0265. The zero-order valence-corrected chi connectivity index (χ0v) is 11.7. The molecule has 6 heteroatoms. The Morgan fingerprint density at radius 2 is 2.11 bits per heavy atom. The van der Waals surface area contributed by atoms with E-state index in [9.17, 15) is 0 Å². The zero-order valence-electron chi connectivity index (χ0n) is 11.0. The first-order valence-corrected chi connectivity index (χ1v) is 6.08. The zero-order chi connectivity index (χ0) is 14.2. The van der Waals surface area contributed by atoms with E-state index in [-0.39, 0.29) is 5.84 Å². The van der Waals surface area contributed by atoms with Crippen molar-refractivity contribution in [2.45, 2.75) is 13.8 Å². The van der Waals surface area contributed by atoms with Gasteiger partial charge in [-0.15, -0.1) is 0 Å². The number of aromatic nitrogens is 2. The number of rotatable bonds is 3. The Hall–Kier alpha value is -2.01. The Labute approximate surface area is 116 Å². The van der Waals surface area contributed by atoms with Crippen molar-refractivity contribution >= 4 is 17.4 Å². The van der Waals surface area contributed by atoms with Gasteiger partial charge in [-0.25, -0.2) is 4.68 Å². The number of nitrogens with zero attached hydrogens (tertiary/aromatic N) is 2. The van der Waals surface area contributed by atoms with Crippen molar-refractivity contribution in [3.8, 4) is 11.4 Å². The fourth-order valence-corrected chi connectivity index (χ4v) is 2.02. The highest BCUT2D eigenvalue weighted by atomic mass is 35.5. The third kappa shape index (κ3) is 2.29. The number of ether oxygens (including phenoxy) is 1. The Morgan fingerprint density at radius 1 is 1.42 bits per heavy atom. The number of nitrogens with two attached hydrogens (primary N) is 1. The second-order valence-corrected chi connectivity index (χ2v) is 4.57. The van der Waals surface area contributed by atoms with Gasteiger partial charge in [-0.05, 0) is 26.0 Å². The van der Waals surface area contributed by atoms with Crippen LogP contribution < -0.4 is 10.5 Å². The van der Waals surface area contributed by atoms with Gasteiger partial charge in [0.15, 0.2) is 0 Å². The van der Waals surface area contributed by atoms with Crippen molar-refractivity contribution < 1.29 is 4.74 Å². The molecule has 2 rings (SSSR count). The minimum Gasteiger partial charge on any atom is -0.497 e. The van der Waals surface area contributed by atoms with Crippen molar-refractivity contribution in [2.24, 2.45) is 5.73 Å². The number of nitrogen functional groups attached to an aromatic ring is 1. The predicted molar refractivity (Wildman–Crippen MR) is 75.6 cm³/mol. The summed E-state index contributed by atoms with van der Waals surface area (Å²) in [4.78, 5) is 0. The molecule has 0 saturated heterocycles. The van der Waals surface area contributed by atoms with Crippen LogP contribution in [0, 0.1) is 19.3 Å². The highest BCUT2D eigenvalue weighted by Crippen LogP contribution is 2.26. The van der Waals surface area contributed by atoms with Crippen LogP contribution in [0.1, 0.15) is 17.0 Å². The lowest BCUT2D eigenvalue weighted by Gasteiger charge is -2.12. The SMILES string of the molecule is COc1ccc(C(=N)N)c(-n2nc(C)c(Cl)c2C)c1. The first kappa shape index (κ1) is 13.4. The number of nitrogens with one attached hydrogen (secondary N) is 1. The molecule has 1 heterocycles. The van der Waals surface area contributed by atoms with Crippen LogP contribution in [0.15, 0.2) is 18.2 Å². The Bertz CT molecular complexity index is 648. The molecular formula is C13H15ClN4O. The van der Waals surface area contributed by atoms with Gasteiger partial charge in [0.1, 0.15) is 11.6 Å². The molecule has 3 N–H and O–H groups in total. The number of hydrogen-bond donors (Lipinski definition) is 2. The van der Waals surface area contributed by atoms with Gasteiger partial charge in [0.25, 0.3) is 0 Å². The fourth-order valence-electron chi connectivity index (χ4n) is 1.90. The Balaban J connectivity index is 2.71. The maximum absolute atomic E-state index is 7.65. The smallest absolute Gasteiger partial charge is 0.124 e. The van der Waals surface area contributed by atoms with E-state index in [2.05, 4.69) is 5.10 Å². The number of benzene rings is 1. The molecule has 0 amide bonds. The summed E-state index contributed by atoms with van der Waals surface area (Å²) in [5.74, 6) is 0.644. The van der Waals surface area contributed by atoms with Gasteiger partial charge in [0, 0.05) is 11.6 Å². The summed E-state index contributed by atoms with van der Waals surface area (Å²) in [6.07, 6.45) is 0. The monoisotopic (exact) mass is 278 g/mol. The van der Waals surface area contributed by atoms with Crippen LogP contribution in [0.2, 0.25) is 5.02 Å². The highest BCUT2D eigenvalue weighted by molar-refractivity contribution is 6.31. The van der Waals surface area contributed by atoms with Crippen LogP contribution in [0.5, 0.6) is 5.75 Å². The molecular weight excluding hydrogens is 264 g/mol. The van der Waals surface area contributed by atoms with E-state index in [4.69, 9.17) is 27.5 Å². The van der Waals surface area contributed by atoms with Gasteiger partial charge < -0.3 is 10.5 Å². The average molecular weight is 279 g/mol. The van der Waals surface area contributed by atoms with Gasteiger partial charge in [0.2, 0.25) is 0 Å². The maximum Gasteiger partial charge on any atom is 0.124 e. The van der Waals surface area contributed by atoms with Gasteiger partial charge >= 0.3 is 0 Å². The molecule has 1 aromatic carbocycles. The molecule has 0 aliphatic carbocycles. The van der Waals surface area contributed by atoms with Crippen LogP contribution in [0.4, 0.5) is 0 Å². The summed E-state index contributed by atoms with van der Waals surface area (Å²) < 4.78 is 6.88. The number of halogens is 1. The Morgan fingerprint density at radius 3 is 2.58 bits per heavy atom. The molecule has 0 spiro atoms. The van der Waals surface area contributed by atoms with Gasteiger partial charge in [-0.3, -0.25) is 5.41 Å². The first-order valence-electron chi connectivity index (χ1n) is 5.70. The molecule has 0 unspecified atom stereocenters. The summed E-state index contributed by atoms with van der Waals surface area (Å²) in [5.41, 5.74) is 8.41. The van der Waals surface area contributed by atoms with Crippen LogP contribution in [-0.2, 0) is 0 Å². The van der Waals surface area contributed by atoms with Crippen LogP contribution in [0.3, 0.4) is 0 Å². The lowest BCUT2D eigenvalue weighted by Crippen LogP contribution is -2.16. The summed E-state index contributed by atoms with van der Waals surface area (Å²) >= 11 is 6.15. The molecule has 0 bridgehead atoms. The van der Waals surface area contributed by atoms with Crippen LogP contribution in [-0.4, -0.2) is 22.7 Å². The number of hydrogen-bond acceptors (Lipinski definition) is 3. The second kappa shape index (κ2) is 4.93. The number of methoxy groups -OCH3 is 1. The van der Waals surface area contributed by atoms with E-state index in [1.54, 1.807) is 30.0 Å². The van der Waals surface area contributed by atoms with Crippen molar-refractivity contribution in [1.82, 2.24) is 9.78 Å². The molecule has 0 aliphatic heterocycles. The largest absolute Gasteiger partial charge is 0.497 e. The van der Waals surface area contributed by atoms with E-state index < -0.39 is 0 Å². The lowest BCUT2D eigenvalue weighted by molar-refractivity contribution is 0.414. The normalized spacial score (nSPS) is 10.5. The Kier molecular flexibility index (Phi) is 3.48. The van der Waals surface area contributed by atoms with Crippen molar-refractivity contribution in [2.75, 3.05) is 7.11 Å². The number of amidine groups is 1. The van der Waals surface area contributed by atoms with E-state index >= 15 is 0 Å². The molecule has 2 aromatic rings. The average Bonchev–Trinajstić information content (AvgIpc) is 2.65. The van der Waals surface area contributed by atoms with E-state index in [1.165, 1.54) is 0 Å². The number of aryl methyl sites for hydroxylation is 1. The summed E-state index contributed by atoms with van der Waals surface area (Å²) in [6.45, 7) is 3.70. The van der Waals surface area contributed by atoms with Crippen LogP contribution in [0.25, 0.3) is 5.69 Å². The summed E-state index contributed by atoms with van der Waals surface area (Å²) in [7, 11) is 1.58. The third-order valence-corrected chi connectivity index (χ3v) is 3.47. The van der Waals surface area contributed by atoms with Crippen LogP contribution >= 0.6 is 11.6 Å². The fraction of sp³-hybridized carbons (Fsp3) is 0.231. The molecule has 0 radical (unpaired) electrons. The van der Waals surface area contributed by atoms with Gasteiger partial charge in [-0.1, -0.05) is 11.6 Å². The van der Waals surface area contributed by atoms with E-state index in [0.717, 1.165) is 11.4 Å². The van der Waals surface area contributed by atoms with E-state index in [1.807, 2.05) is 13.8 Å². The molecule has 1 aromatic heterocycles. The maximum atomic E-state index is 7.65. The second-order valence-electron chi connectivity index (χ2n) is 4.19. The molecule has 0 fully saturated rings. The first-order chi connectivity index (χ1) is 8.95. The molecule has 0 aliphatic rings. The topological polar surface area (TPSA) is 76.9 Å². The molecule has 5 nitrogen and oxygen atoms in total. The van der Waals surface area contributed by atoms with E-state index in [0.29, 0.717) is 22.0 Å². The molecule has 0 atom stereocenters. The summed E-state index contributed by atoms with van der Waals surface area (Å²) in [5, 5.41) is 12.6. The third-order valence-electron chi connectivity index (χ3n) is 2.93. The minimum atomic E-state index is -0.0265. The van der Waals surface area contributed by atoms with Gasteiger partial charge in [-0.2, -0.15) is 5.10 Å². The predicted octanol–water partition coefficient (Wildman–Crippen LogP) is 2.44. The quantitative estimate of drug-likeness (QED) is 0.669.